The van der Waals surface area contributed by atoms with Gasteiger partial charge >= 0.3 is 0 Å². The molecule has 0 amide bonds. The first-order valence-electron chi connectivity index (χ1n) is 6.04. The van der Waals surface area contributed by atoms with Crippen molar-refractivity contribution in [2.45, 2.75) is 34.6 Å². The summed E-state index contributed by atoms with van der Waals surface area (Å²) in [5.74, 6) is 0.478. The van der Waals surface area contributed by atoms with Crippen molar-refractivity contribution >= 4 is 12.2 Å². The molecule has 1 aromatic heterocycles. The molecular formula is C14H22N2. The maximum atomic E-state index is 4.03. The van der Waals surface area contributed by atoms with Gasteiger partial charge in [0.05, 0.1) is 11.5 Å². The number of aromatic nitrogens is 2. The van der Waals surface area contributed by atoms with Crippen molar-refractivity contribution in [1.29, 1.82) is 0 Å². The topological polar surface area (TPSA) is 25.8 Å². The molecule has 16 heavy (non-hydrogen) atoms. The molecule has 0 saturated heterocycles. The number of hydrogen-bond donors (Lipinski definition) is 0. The standard InChI is InChI=1S/C10H10N2.2C2H6/c1-8-3-2-4-10-9(7-8)5-6-11-12-10;2*1-2/h2-8H,1H3;2*1-2H3. The quantitative estimate of drug-likeness (QED) is 0.668. The van der Waals surface area contributed by atoms with Gasteiger partial charge in [-0.3, -0.25) is 0 Å². The highest BCUT2D eigenvalue weighted by Gasteiger charge is 1.94. The highest BCUT2D eigenvalue weighted by molar-refractivity contribution is 5.43. The smallest absolute Gasteiger partial charge is 0.0926 e. The molecule has 0 fully saturated rings. The number of allylic oxidation sites excluding steroid dienone is 2. The molecule has 0 aromatic carbocycles. The molecule has 0 radical (unpaired) electrons. The number of nitrogens with zero attached hydrogens (tertiary/aromatic N) is 2. The normalized spacial score (nSPS) is 15.9. The van der Waals surface area contributed by atoms with Crippen LogP contribution in [0.15, 0.2) is 24.4 Å². The van der Waals surface area contributed by atoms with Gasteiger partial charge in [-0.05, 0) is 18.1 Å². The van der Waals surface area contributed by atoms with E-state index in [2.05, 4.69) is 29.3 Å². The lowest BCUT2D eigenvalue weighted by Gasteiger charge is -1.93. The first-order valence-corrected chi connectivity index (χ1v) is 6.04. The molecule has 88 valence electrons. The molecule has 1 aliphatic carbocycles. The van der Waals surface area contributed by atoms with Crippen LogP contribution in [0, 0.1) is 5.92 Å². The Kier molecular flexibility index (Phi) is 8.04. The Labute approximate surface area is 98.4 Å². The first kappa shape index (κ1) is 14.6. The Morgan fingerprint density at radius 2 is 1.81 bits per heavy atom. The second kappa shape index (κ2) is 8.84. The van der Waals surface area contributed by atoms with Crippen molar-refractivity contribution in [1.82, 2.24) is 10.2 Å². The van der Waals surface area contributed by atoms with Gasteiger partial charge in [0.15, 0.2) is 0 Å². The monoisotopic (exact) mass is 218 g/mol. The van der Waals surface area contributed by atoms with Crippen molar-refractivity contribution in [2.75, 3.05) is 0 Å². The second-order valence-corrected chi connectivity index (χ2v) is 2.95. The predicted molar refractivity (Wildman–Crippen MR) is 71.2 cm³/mol. The summed E-state index contributed by atoms with van der Waals surface area (Å²) in [5, 5.41) is 9.98. The van der Waals surface area contributed by atoms with Crippen molar-refractivity contribution in [3.63, 3.8) is 0 Å². The minimum atomic E-state index is 0.478. The third-order valence-electron chi connectivity index (χ3n) is 1.89. The Morgan fingerprint density at radius 3 is 2.50 bits per heavy atom. The van der Waals surface area contributed by atoms with E-state index in [1.54, 1.807) is 6.20 Å². The predicted octanol–water partition coefficient (Wildman–Crippen LogP) is 2.30. The van der Waals surface area contributed by atoms with E-state index in [1.165, 1.54) is 5.22 Å². The van der Waals surface area contributed by atoms with Crippen LogP contribution in [0.25, 0.3) is 12.2 Å². The van der Waals surface area contributed by atoms with Crippen LogP contribution >= 0.6 is 0 Å². The summed E-state index contributed by atoms with van der Waals surface area (Å²) in [6, 6.07) is 1.99. The minimum absolute atomic E-state index is 0.478. The third-order valence-corrected chi connectivity index (χ3v) is 1.89. The lowest BCUT2D eigenvalue weighted by Crippen LogP contribution is -2.28. The van der Waals surface area contributed by atoms with E-state index in [0.717, 1.165) is 5.35 Å². The van der Waals surface area contributed by atoms with Gasteiger partial charge in [-0.25, -0.2) is 0 Å². The van der Waals surface area contributed by atoms with Crippen LogP contribution in [0.2, 0.25) is 0 Å². The molecule has 0 aliphatic heterocycles. The van der Waals surface area contributed by atoms with Gasteiger partial charge in [0.25, 0.3) is 0 Å². The van der Waals surface area contributed by atoms with Gasteiger partial charge in [0, 0.05) is 5.22 Å². The molecule has 1 atom stereocenters. The van der Waals surface area contributed by atoms with E-state index in [-0.39, 0.29) is 0 Å². The molecule has 1 heterocycles. The SMILES string of the molecule is CC.CC.CC1C=CC=c2nnccc2=C1. The maximum absolute atomic E-state index is 4.03. The molecule has 2 heteroatoms. The highest BCUT2D eigenvalue weighted by atomic mass is 15.1. The molecule has 1 unspecified atom stereocenters. The van der Waals surface area contributed by atoms with Gasteiger partial charge in [0.1, 0.15) is 0 Å². The molecule has 0 bridgehead atoms. The van der Waals surface area contributed by atoms with Crippen LogP contribution in [0.3, 0.4) is 0 Å². The van der Waals surface area contributed by atoms with Crippen molar-refractivity contribution < 1.29 is 0 Å². The van der Waals surface area contributed by atoms with Crippen molar-refractivity contribution in [2.24, 2.45) is 5.92 Å². The summed E-state index contributed by atoms with van der Waals surface area (Å²) in [7, 11) is 0. The zero-order chi connectivity index (χ0) is 12.4. The van der Waals surface area contributed by atoms with E-state index < -0.39 is 0 Å². The molecule has 2 nitrogen and oxygen atoms in total. The minimum Gasteiger partial charge on any atom is -0.159 e. The molecular weight excluding hydrogens is 196 g/mol. The van der Waals surface area contributed by atoms with E-state index in [1.807, 2.05) is 45.9 Å². The Balaban J connectivity index is 0.000000509. The van der Waals surface area contributed by atoms with E-state index in [9.17, 15) is 0 Å². The summed E-state index contributed by atoms with van der Waals surface area (Å²) in [4.78, 5) is 0. The molecule has 2 rings (SSSR count). The fraction of sp³-hybridized carbons (Fsp3) is 0.429. The van der Waals surface area contributed by atoms with Crippen LogP contribution in [0.5, 0.6) is 0 Å². The summed E-state index contributed by atoms with van der Waals surface area (Å²) < 4.78 is 0. The molecule has 0 N–H and O–H groups in total. The largest absolute Gasteiger partial charge is 0.159 e. The van der Waals surface area contributed by atoms with Gasteiger partial charge in [-0.15, -0.1) is 0 Å². The Morgan fingerprint density at radius 1 is 1.12 bits per heavy atom. The van der Waals surface area contributed by atoms with Gasteiger partial charge in [0.2, 0.25) is 0 Å². The Hall–Kier alpha value is -1.44. The lowest BCUT2D eigenvalue weighted by atomic mass is 10.1. The fourth-order valence-corrected chi connectivity index (χ4v) is 1.28. The fourth-order valence-electron chi connectivity index (χ4n) is 1.28. The first-order chi connectivity index (χ1) is 7.86. The average molecular weight is 218 g/mol. The van der Waals surface area contributed by atoms with Crippen LogP contribution < -0.4 is 10.6 Å². The zero-order valence-electron chi connectivity index (χ0n) is 10.9. The summed E-state index contributed by atoms with van der Waals surface area (Å²) >= 11 is 0. The van der Waals surface area contributed by atoms with Crippen molar-refractivity contribution in [3.05, 3.63) is 35.0 Å². The van der Waals surface area contributed by atoms with Gasteiger partial charge < -0.3 is 0 Å². The van der Waals surface area contributed by atoms with Gasteiger partial charge in [-0.2, -0.15) is 10.2 Å². The summed E-state index contributed by atoms with van der Waals surface area (Å²) in [5.41, 5.74) is 0. The van der Waals surface area contributed by atoms with Crippen LogP contribution in [-0.4, -0.2) is 10.2 Å². The van der Waals surface area contributed by atoms with Gasteiger partial charge in [-0.1, -0.05) is 52.8 Å². The number of fused-ring (bicyclic) bond motifs is 1. The van der Waals surface area contributed by atoms with E-state index in [4.69, 9.17) is 0 Å². The molecule has 1 aromatic rings. The van der Waals surface area contributed by atoms with E-state index in [0.29, 0.717) is 5.92 Å². The lowest BCUT2D eigenvalue weighted by molar-refractivity contribution is 0.965. The summed E-state index contributed by atoms with van der Waals surface area (Å²) in [6.45, 7) is 10.2. The zero-order valence-corrected chi connectivity index (χ0v) is 10.9. The maximum Gasteiger partial charge on any atom is 0.0926 e. The second-order valence-electron chi connectivity index (χ2n) is 2.95. The molecule has 0 saturated carbocycles. The molecule has 1 aliphatic rings. The highest BCUT2D eigenvalue weighted by Crippen LogP contribution is 1.99. The van der Waals surface area contributed by atoms with Crippen LogP contribution in [-0.2, 0) is 0 Å². The Bertz CT molecular complexity index is 419. The van der Waals surface area contributed by atoms with Crippen LogP contribution in [0.4, 0.5) is 0 Å². The van der Waals surface area contributed by atoms with E-state index >= 15 is 0 Å². The summed E-state index contributed by atoms with van der Waals surface area (Å²) in [6.07, 6.45) is 10.1. The molecule has 0 spiro atoms. The number of hydrogen-bond acceptors (Lipinski definition) is 2. The average Bonchev–Trinajstić information content (AvgIpc) is 2.55. The number of rotatable bonds is 0. The van der Waals surface area contributed by atoms with Crippen molar-refractivity contribution in [3.8, 4) is 0 Å². The third kappa shape index (κ3) is 4.39. The van der Waals surface area contributed by atoms with Crippen LogP contribution in [0.1, 0.15) is 34.6 Å².